The number of ether oxygens (including phenoxy) is 2. The van der Waals surface area contributed by atoms with Crippen molar-refractivity contribution in [3.05, 3.63) is 23.8 Å². The molecule has 0 aliphatic heterocycles. The Hall–Kier alpha value is -1.71. The first kappa shape index (κ1) is 15.7. The van der Waals surface area contributed by atoms with E-state index in [1.807, 2.05) is 18.2 Å². The minimum Gasteiger partial charge on any atom is -0.497 e. The van der Waals surface area contributed by atoms with Crippen molar-refractivity contribution in [2.45, 2.75) is 45.1 Å². The number of hydrogen-bond acceptors (Lipinski definition) is 3. The molecule has 1 fully saturated rings. The third-order valence-electron chi connectivity index (χ3n) is 4.22. The molecule has 0 aromatic heterocycles. The van der Waals surface area contributed by atoms with Crippen molar-refractivity contribution in [1.29, 1.82) is 0 Å². The molecule has 4 heteroatoms. The predicted molar refractivity (Wildman–Crippen MR) is 82.6 cm³/mol. The third kappa shape index (κ3) is 4.66. The molecule has 0 radical (unpaired) electrons. The predicted octanol–water partition coefficient (Wildman–Crippen LogP) is 3.29. The molecule has 1 aliphatic carbocycles. The summed E-state index contributed by atoms with van der Waals surface area (Å²) in [5.74, 6) is 2.37. The van der Waals surface area contributed by atoms with Crippen LogP contribution in [0.5, 0.6) is 11.5 Å². The van der Waals surface area contributed by atoms with Gasteiger partial charge in [0, 0.05) is 24.6 Å². The Balaban J connectivity index is 1.80. The second kappa shape index (κ2) is 7.91. The lowest BCUT2D eigenvalue weighted by atomic mass is 10.0. The molecule has 1 amide bonds. The smallest absolute Gasteiger partial charge is 0.220 e. The molecule has 1 aliphatic rings. The molecule has 1 saturated carbocycles. The van der Waals surface area contributed by atoms with E-state index in [-0.39, 0.29) is 5.91 Å². The molecule has 0 spiro atoms. The van der Waals surface area contributed by atoms with E-state index in [1.165, 1.54) is 25.7 Å². The maximum Gasteiger partial charge on any atom is 0.220 e. The van der Waals surface area contributed by atoms with Crippen molar-refractivity contribution in [3.63, 3.8) is 0 Å². The standard InChI is InChI=1S/C17H25NO3/c1-20-15-9-8-14(16(11-15)21-2)12-18-17(19)10-7-13-5-3-4-6-13/h8-9,11,13H,3-7,10,12H2,1-2H3,(H,18,19). The highest BCUT2D eigenvalue weighted by Gasteiger charge is 2.16. The molecule has 0 bridgehead atoms. The molecule has 4 nitrogen and oxygen atoms in total. The molecule has 0 heterocycles. The zero-order valence-electron chi connectivity index (χ0n) is 13.0. The van der Waals surface area contributed by atoms with Gasteiger partial charge in [0.1, 0.15) is 11.5 Å². The van der Waals surface area contributed by atoms with E-state index in [1.54, 1.807) is 14.2 Å². The quantitative estimate of drug-likeness (QED) is 0.838. The molecule has 116 valence electrons. The fourth-order valence-electron chi connectivity index (χ4n) is 2.91. The van der Waals surface area contributed by atoms with Crippen LogP contribution in [0.3, 0.4) is 0 Å². The Kier molecular flexibility index (Phi) is 5.90. The maximum atomic E-state index is 11.9. The van der Waals surface area contributed by atoms with Crippen LogP contribution in [0.1, 0.15) is 44.1 Å². The molecule has 0 atom stereocenters. The summed E-state index contributed by atoms with van der Waals surface area (Å²) in [6.07, 6.45) is 6.89. The van der Waals surface area contributed by atoms with Crippen molar-refractivity contribution < 1.29 is 14.3 Å². The lowest BCUT2D eigenvalue weighted by Crippen LogP contribution is -2.23. The second-order valence-electron chi connectivity index (χ2n) is 5.64. The zero-order valence-corrected chi connectivity index (χ0v) is 13.0. The highest BCUT2D eigenvalue weighted by atomic mass is 16.5. The Morgan fingerprint density at radius 1 is 1.24 bits per heavy atom. The Bertz CT molecular complexity index is 467. The molecule has 21 heavy (non-hydrogen) atoms. The van der Waals surface area contributed by atoms with Gasteiger partial charge in [-0.3, -0.25) is 4.79 Å². The van der Waals surface area contributed by atoms with Crippen LogP contribution in [0.4, 0.5) is 0 Å². The van der Waals surface area contributed by atoms with E-state index in [0.29, 0.717) is 13.0 Å². The van der Waals surface area contributed by atoms with Crippen molar-refractivity contribution in [1.82, 2.24) is 5.32 Å². The van der Waals surface area contributed by atoms with Gasteiger partial charge >= 0.3 is 0 Å². The second-order valence-corrected chi connectivity index (χ2v) is 5.64. The Morgan fingerprint density at radius 3 is 2.67 bits per heavy atom. The summed E-state index contributed by atoms with van der Waals surface area (Å²) < 4.78 is 10.5. The fourth-order valence-corrected chi connectivity index (χ4v) is 2.91. The van der Waals surface area contributed by atoms with Crippen molar-refractivity contribution in [2.24, 2.45) is 5.92 Å². The van der Waals surface area contributed by atoms with Gasteiger partial charge in [-0.2, -0.15) is 0 Å². The van der Waals surface area contributed by atoms with Crippen LogP contribution in [0.15, 0.2) is 18.2 Å². The largest absolute Gasteiger partial charge is 0.497 e. The summed E-state index contributed by atoms with van der Waals surface area (Å²) in [6.45, 7) is 0.497. The lowest BCUT2D eigenvalue weighted by Gasteiger charge is -2.12. The number of amides is 1. The van der Waals surface area contributed by atoms with Gasteiger partial charge in [-0.25, -0.2) is 0 Å². The molecule has 1 aromatic rings. The Labute approximate surface area is 126 Å². The average Bonchev–Trinajstić information content (AvgIpc) is 3.04. The molecule has 2 rings (SSSR count). The van der Waals surface area contributed by atoms with Gasteiger partial charge in [0.2, 0.25) is 5.91 Å². The SMILES string of the molecule is COc1ccc(CNC(=O)CCC2CCCC2)c(OC)c1. The van der Waals surface area contributed by atoms with Crippen LogP contribution in [0.25, 0.3) is 0 Å². The van der Waals surface area contributed by atoms with Crippen molar-refractivity contribution in [3.8, 4) is 11.5 Å². The number of rotatable bonds is 7. The van der Waals surface area contributed by atoms with Gasteiger partial charge in [-0.1, -0.05) is 25.7 Å². The first-order chi connectivity index (χ1) is 10.2. The normalized spacial score (nSPS) is 15.0. The molecule has 1 aromatic carbocycles. The van der Waals surface area contributed by atoms with Crippen LogP contribution in [-0.2, 0) is 11.3 Å². The maximum absolute atomic E-state index is 11.9. The number of hydrogen-bond donors (Lipinski definition) is 1. The third-order valence-corrected chi connectivity index (χ3v) is 4.22. The Morgan fingerprint density at radius 2 is 2.00 bits per heavy atom. The summed E-state index contributed by atoms with van der Waals surface area (Å²) in [5, 5.41) is 2.98. The van der Waals surface area contributed by atoms with E-state index in [4.69, 9.17) is 9.47 Å². The number of carbonyl (C=O) groups is 1. The van der Waals surface area contributed by atoms with Gasteiger partial charge in [0.05, 0.1) is 14.2 Å². The summed E-state index contributed by atoms with van der Waals surface area (Å²) in [4.78, 5) is 11.9. The van der Waals surface area contributed by atoms with E-state index in [9.17, 15) is 4.79 Å². The summed E-state index contributed by atoms with van der Waals surface area (Å²) in [7, 11) is 3.25. The van der Waals surface area contributed by atoms with Crippen molar-refractivity contribution in [2.75, 3.05) is 14.2 Å². The van der Waals surface area contributed by atoms with Gasteiger partial charge < -0.3 is 14.8 Å². The topological polar surface area (TPSA) is 47.6 Å². The number of methoxy groups -OCH3 is 2. The van der Waals surface area contributed by atoms with Gasteiger partial charge in [0.25, 0.3) is 0 Å². The minimum absolute atomic E-state index is 0.125. The number of benzene rings is 1. The van der Waals surface area contributed by atoms with Gasteiger partial charge in [0.15, 0.2) is 0 Å². The van der Waals surface area contributed by atoms with Crippen LogP contribution in [0, 0.1) is 5.92 Å². The first-order valence-corrected chi connectivity index (χ1v) is 7.70. The van der Waals surface area contributed by atoms with E-state index < -0.39 is 0 Å². The molecule has 1 N–H and O–H groups in total. The highest BCUT2D eigenvalue weighted by molar-refractivity contribution is 5.75. The monoisotopic (exact) mass is 291 g/mol. The zero-order chi connectivity index (χ0) is 15.1. The number of carbonyl (C=O) groups excluding carboxylic acids is 1. The summed E-state index contributed by atoms with van der Waals surface area (Å²) in [5.41, 5.74) is 0.965. The molecular formula is C17H25NO3. The molecule has 0 saturated heterocycles. The molecule has 0 unspecified atom stereocenters. The lowest BCUT2D eigenvalue weighted by molar-refractivity contribution is -0.121. The molecular weight excluding hydrogens is 266 g/mol. The van der Waals surface area contributed by atoms with Crippen LogP contribution in [-0.4, -0.2) is 20.1 Å². The van der Waals surface area contributed by atoms with Gasteiger partial charge in [-0.15, -0.1) is 0 Å². The van der Waals surface area contributed by atoms with Crippen LogP contribution < -0.4 is 14.8 Å². The fraction of sp³-hybridized carbons (Fsp3) is 0.588. The van der Waals surface area contributed by atoms with E-state index in [2.05, 4.69) is 5.32 Å². The number of nitrogens with one attached hydrogen (secondary N) is 1. The summed E-state index contributed by atoms with van der Waals surface area (Å²) in [6, 6.07) is 5.64. The van der Waals surface area contributed by atoms with Crippen molar-refractivity contribution >= 4 is 5.91 Å². The highest BCUT2D eigenvalue weighted by Crippen LogP contribution is 2.28. The van der Waals surface area contributed by atoms with Crippen LogP contribution >= 0.6 is 0 Å². The minimum atomic E-state index is 0.125. The van der Waals surface area contributed by atoms with Crippen LogP contribution in [0.2, 0.25) is 0 Å². The van der Waals surface area contributed by atoms with E-state index in [0.717, 1.165) is 29.4 Å². The first-order valence-electron chi connectivity index (χ1n) is 7.70. The van der Waals surface area contributed by atoms with E-state index >= 15 is 0 Å². The summed E-state index contributed by atoms with van der Waals surface area (Å²) >= 11 is 0. The van der Waals surface area contributed by atoms with Gasteiger partial charge in [-0.05, 0) is 24.5 Å². The average molecular weight is 291 g/mol.